The zero-order chi connectivity index (χ0) is 25.4. The Bertz CT molecular complexity index is 921. The number of aliphatic hydroxyl groups is 1. The molecule has 3 rings (SSSR count). The van der Waals surface area contributed by atoms with Crippen LogP contribution in [0.1, 0.15) is 38.0 Å². The average molecular weight is 527 g/mol. The fourth-order valence-corrected chi connectivity index (χ4v) is 1.93. The number of benzene rings is 3. The van der Waals surface area contributed by atoms with Crippen molar-refractivity contribution in [1.82, 2.24) is 0 Å². The molecule has 0 bridgehead atoms. The van der Waals surface area contributed by atoms with Crippen LogP contribution in [0.5, 0.6) is 17.2 Å². The molecule has 3 aromatic carbocycles. The molecule has 11 heteroatoms. The Hall–Kier alpha value is -3.93. The summed E-state index contributed by atoms with van der Waals surface area (Å²) in [5.74, 6) is -4.87. The van der Waals surface area contributed by atoms with Gasteiger partial charge in [-0.05, 0) is 25.1 Å². The minimum atomic E-state index is -1.18. The third-order valence-electron chi connectivity index (χ3n) is 3.35. The van der Waals surface area contributed by atoms with Gasteiger partial charge in [-0.25, -0.2) is 14.4 Å². The van der Waals surface area contributed by atoms with E-state index >= 15 is 0 Å². The molecule has 4 N–H and O–H groups in total. The van der Waals surface area contributed by atoms with Crippen molar-refractivity contribution >= 4 is 37.7 Å². The van der Waals surface area contributed by atoms with Crippen molar-refractivity contribution in [1.29, 1.82) is 0 Å². The van der Waals surface area contributed by atoms with Crippen molar-refractivity contribution in [2.75, 3.05) is 6.61 Å². The largest absolute Gasteiger partial charge is 3.00 e. The van der Waals surface area contributed by atoms with Crippen molar-refractivity contribution in [3.63, 3.8) is 0 Å². The molecular weight excluding hydrogens is 506 g/mol. The molecule has 10 nitrogen and oxygen atoms in total. The summed E-state index contributed by atoms with van der Waals surface area (Å²) < 4.78 is 0. The predicted octanol–water partition coefficient (Wildman–Crippen LogP) is 0.993. The van der Waals surface area contributed by atoms with Gasteiger partial charge in [0.1, 0.15) is 0 Å². The Morgan fingerprint density at radius 1 is 0.588 bits per heavy atom. The van der Waals surface area contributed by atoms with Gasteiger partial charge in [-0.3, -0.25) is 0 Å². The van der Waals surface area contributed by atoms with E-state index in [4.69, 9.17) is 20.4 Å². The molecule has 0 aliphatic rings. The monoisotopic (exact) mass is 526 g/mol. The summed E-state index contributed by atoms with van der Waals surface area (Å²) in [6.07, 6.45) is 0. The van der Waals surface area contributed by atoms with Gasteiger partial charge in [0.15, 0.2) is 0 Å². The van der Waals surface area contributed by atoms with Crippen molar-refractivity contribution in [2.24, 2.45) is 0 Å². The van der Waals surface area contributed by atoms with Gasteiger partial charge in [-0.2, -0.15) is 0 Å². The zero-order valence-electron chi connectivity index (χ0n) is 18.0. The van der Waals surface area contributed by atoms with Gasteiger partial charge in [0, 0.05) is 6.61 Å². The van der Waals surface area contributed by atoms with Gasteiger partial charge < -0.3 is 35.7 Å². The van der Waals surface area contributed by atoms with E-state index in [1.165, 1.54) is 72.8 Å². The average Bonchev–Trinajstić information content (AvgIpc) is 2.75. The number of aromatic carboxylic acids is 3. The molecule has 34 heavy (non-hydrogen) atoms. The molecule has 0 heterocycles. The number of carbonyl (C=O) groups is 3. The Balaban J connectivity index is 0. The second kappa shape index (κ2) is 17.6. The fraction of sp³-hybridized carbons (Fsp3) is 0.0870. The van der Waals surface area contributed by atoms with Crippen LogP contribution in [0.15, 0.2) is 72.8 Å². The standard InChI is InChI=1S/3C7H6O3.C2H6O.Ga/c3*8-6-4-2-1-3-5(6)7(9)10;1-2-3;/h3*1-4,8H,(H,9,10);3H,2H2,1H3;/q;;;;+3/p-3. The van der Waals surface area contributed by atoms with Gasteiger partial charge in [0.05, 0.1) is 16.7 Å². The molecule has 0 saturated carbocycles. The number of hydrogen-bond acceptors (Lipinski definition) is 7. The van der Waals surface area contributed by atoms with Gasteiger partial charge in [0.2, 0.25) is 0 Å². The van der Waals surface area contributed by atoms with Gasteiger partial charge in [-0.1, -0.05) is 71.8 Å². The Morgan fingerprint density at radius 3 is 0.882 bits per heavy atom. The van der Waals surface area contributed by atoms with Crippen molar-refractivity contribution in [3.8, 4) is 17.2 Å². The number of carboxylic acids is 3. The molecule has 0 unspecified atom stereocenters. The maximum absolute atomic E-state index is 10.7. The van der Waals surface area contributed by atoms with Crippen molar-refractivity contribution in [2.45, 2.75) is 6.92 Å². The first-order valence-electron chi connectivity index (χ1n) is 9.15. The maximum atomic E-state index is 10.7. The molecule has 0 atom stereocenters. The third-order valence-corrected chi connectivity index (χ3v) is 3.35. The maximum Gasteiger partial charge on any atom is 3.00 e. The van der Waals surface area contributed by atoms with E-state index in [0.717, 1.165) is 0 Å². The van der Waals surface area contributed by atoms with Crippen LogP contribution < -0.4 is 15.3 Å². The summed E-state index contributed by atoms with van der Waals surface area (Å²) in [6, 6.07) is 16.6. The third kappa shape index (κ3) is 12.2. The fourth-order valence-electron chi connectivity index (χ4n) is 1.93. The number of aliphatic hydroxyl groups excluding tert-OH is 1. The summed E-state index contributed by atoms with van der Waals surface area (Å²) in [5.41, 5.74) is -0.535. The molecule has 0 spiro atoms. The summed E-state index contributed by atoms with van der Waals surface area (Å²) in [6.45, 7) is 1.93. The normalized spacial score (nSPS) is 8.65. The molecule has 3 aromatic rings. The Kier molecular flexibility index (Phi) is 16.7. The van der Waals surface area contributed by atoms with Crippen LogP contribution >= 0.6 is 0 Å². The van der Waals surface area contributed by atoms with E-state index in [1.807, 2.05) is 0 Å². The topological polar surface area (TPSA) is 201 Å². The number of carboxylic acid groups (broad SMARTS) is 3. The van der Waals surface area contributed by atoms with Crippen LogP contribution in [0.25, 0.3) is 0 Å². The van der Waals surface area contributed by atoms with E-state index in [-0.39, 0.29) is 43.1 Å². The van der Waals surface area contributed by atoms with Crippen molar-refractivity contribution in [3.05, 3.63) is 89.5 Å². The van der Waals surface area contributed by atoms with E-state index in [1.54, 1.807) is 6.92 Å². The van der Waals surface area contributed by atoms with E-state index in [9.17, 15) is 29.7 Å². The molecule has 0 amide bonds. The second-order valence-corrected chi connectivity index (χ2v) is 5.72. The SMILES string of the molecule is CCO.O=C(O)c1ccccc1[O-].O=C(O)c1ccccc1[O-].O=C(O)c1ccccc1[O-].[Ga+3]. The minimum Gasteiger partial charge on any atom is -0.872 e. The van der Waals surface area contributed by atoms with Crippen LogP contribution in [-0.2, 0) is 0 Å². The molecule has 0 fully saturated rings. The Labute approximate surface area is 208 Å². The van der Waals surface area contributed by atoms with Crippen LogP contribution in [0, 0.1) is 0 Å². The first-order chi connectivity index (χ1) is 15.6. The van der Waals surface area contributed by atoms with Gasteiger partial charge in [-0.15, -0.1) is 0 Å². The quantitative estimate of drug-likeness (QED) is 0.356. The summed E-state index contributed by atoms with van der Waals surface area (Å²) in [4.78, 5) is 30.7. The molecule has 0 aliphatic heterocycles. The Morgan fingerprint density at radius 2 is 0.765 bits per heavy atom. The second-order valence-electron chi connectivity index (χ2n) is 5.72. The first kappa shape index (κ1) is 32.2. The number of rotatable bonds is 3. The first-order valence-corrected chi connectivity index (χ1v) is 9.15. The molecular formula is C23H21GaO10. The molecule has 0 aromatic heterocycles. The minimum absolute atomic E-state index is 0. The number of hydrogen-bond donors (Lipinski definition) is 4. The smallest absolute Gasteiger partial charge is 0.872 e. The predicted molar refractivity (Wildman–Crippen MR) is 117 cm³/mol. The molecule has 0 aliphatic carbocycles. The van der Waals surface area contributed by atoms with Crippen LogP contribution in [0.4, 0.5) is 0 Å². The van der Waals surface area contributed by atoms with E-state index < -0.39 is 35.2 Å². The molecule has 176 valence electrons. The summed E-state index contributed by atoms with van der Waals surface area (Å²) in [5, 5.41) is 64.7. The van der Waals surface area contributed by atoms with Gasteiger partial charge >= 0.3 is 37.7 Å². The molecule has 0 saturated heterocycles. The summed E-state index contributed by atoms with van der Waals surface area (Å²) in [7, 11) is 0. The number of para-hydroxylation sites is 3. The zero-order valence-corrected chi connectivity index (χ0v) is 20.4. The van der Waals surface area contributed by atoms with Crippen molar-refractivity contribution < 1.29 is 50.1 Å². The van der Waals surface area contributed by atoms with Crippen LogP contribution in [-0.4, -0.2) is 64.7 Å². The van der Waals surface area contributed by atoms with E-state index in [2.05, 4.69) is 0 Å². The summed E-state index contributed by atoms with van der Waals surface area (Å²) >= 11 is 0. The molecule has 0 radical (unpaired) electrons. The van der Waals surface area contributed by atoms with Crippen LogP contribution in [0.3, 0.4) is 0 Å². The van der Waals surface area contributed by atoms with Gasteiger partial charge in [0.25, 0.3) is 0 Å². The van der Waals surface area contributed by atoms with Crippen LogP contribution in [0.2, 0.25) is 0 Å². The van der Waals surface area contributed by atoms with E-state index in [0.29, 0.717) is 0 Å².